The standard InChI is InChI=1S/C17H21NO2/c1-12-9-15(7-8-18)10-13(2)17(12)20-11-14-3-5-16(19)6-4-14/h3-6,9-10,19H,7-8,11,18H2,1-2H3. The van der Waals surface area contributed by atoms with Crippen LogP contribution < -0.4 is 10.5 Å². The van der Waals surface area contributed by atoms with Gasteiger partial charge in [0, 0.05) is 0 Å². The number of aromatic hydroxyl groups is 1. The molecule has 106 valence electrons. The molecule has 0 fully saturated rings. The van der Waals surface area contributed by atoms with Crippen molar-refractivity contribution in [2.45, 2.75) is 26.9 Å². The van der Waals surface area contributed by atoms with E-state index in [4.69, 9.17) is 10.5 Å². The number of aryl methyl sites for hydroxylation is 2. The highest BCUT2D eigenvalue weighted by molar-refractivity contribution is 5.43. The van der Waals surface area contributed by atoms with Crippen LogP contribution in [0, 0.1) is 13.8 Å². The van der Waals surface area contributed by atoms with Crippen molar-refractivity contribution in [2.75, 3.05) is 6.54 Å². The van der Waals surface area contributed by atoms with Gasteiger partial charge in [-0.15, -0.1) is 0 Å². The lowest BCUT2D eigenvalue weighted by Crippen LogP contribution is -2.04. The Morgan fingerprint density at radius 2 is 1.60 bits per heavy atom. The van der Waals surface area contributed by atoms with Crippen molar-refractivity contribution in [3.05, 3.63) is 58.7 Å². The molecule has 0 aliphatic heterocycles. The third-order valence-corrected chi connectivity index (χ3v) is 3.27. The molecule has 3 nitrogen and oxygen atoms in total. The van der Waals surface area contributed by atoms with Gasteiger partial charge in [-0.2, -0.15) is 0 Å². The van der Waals surface area contributed by atoms with Crippen molar-refractivity contribution in [3.63, 3.8) is 0 Å². The van der Waals surface area contributed by atoms with Crippen molar-refractivity contribution in [3.8, 4) is 11.5 Å². The Morgan fingerprint density at radius 1 is 1.00 bits per heavy atom. The quantitative estimate of drug-likeness (QED) is 0.878. The average Bonchev–Trinajstić information content (AvgIpc) is 2.40. The van der Waals surface area contributed by atoms with E-state index in [9.17, 15) is 5.11 Å². The highest BCUT2D eigenvalue weighted by atomic mass is 16.5. The van der Waals surface area contributed by atoms with Crippen LogP contribution in [0.1, 0.15) is 22.3 Å². The molecule has 0 spiro atoms. The number of ether oxygens (including phenoxy) is 1. The minimum absolute atomic E-state index is 0.271. The zero-order valence-electron chi connectivity index (χ0n) is 12.0. The molecular formula is C17H21NO2. The normalized spacial score (nSPS) is 10.6. The third kappa shape index (κ3) is 3.52. The molecule has 2 rings (SSSR count). The first-order valence-electron chi connectivity index (χ1n) is 6.81. The molecule has 3 N–H and O–H groups in total. The van der Waals surface area contributed by atoms with Crippen molar-refractivity contribution in [2.24, 2.45) is 5.73 Å². The van der Waals surface area contributed by atoms with Gasteiger partial charge in [0.15, 0.2) is 0 Å². The maximum Gasteiger partial charge on any atom is 0.125 e. The number of nitrogens with two attached hydrogens (primary N) is 1. The number of phenols is 1. The van der Waals surface area contributed by atoms with E-state index in [1.54, 1.807) is 12.1 Å². The maximum atomic E-state index is 9.26. The molecule has 0 atom stereocenters. The molecule has 0 heterocycles. The molecule has 0 amide bonds. The molecule has 2 aromatic rings. The van der Waals surface area contributed by atoms with E-state index in [-0.39, 0.29) is 5.75 Å². The van der Waals surface area contributed by atoms with Crippen LogP contribution in [0.4, 0.5) is 0 Å². The Kier molecular flexibility index (Phi) is 4.64. The first-order valence-corrected chi connectivity index (χ1v) is 6.81. The van der Waals surface area contributed by atoms with Gasteiger partial charge in [0.05, 0.1) is 0 Å². The van der Waals surface area contributed by atoms with Gasteiger partial charge in [-0.25, -0.2) is 0 Å². The van der Waals surface area contributed by atoms with Crippen LogP contribution in [0.3, 0.4) is 0 Å². The second-order valence-corrected chi connectivity index (χ2v) is 5.05. The zero-order chi connectivity index (χ0) is 14.5. The molecule has 0 aliphatic carbocycles. The van der Waals surface area contributed by atoms with Gasteiger partial charge in [0.25, 0.3) is 0 Å². The Bertz CT molecular complexity index is 553. The molecule has 0 aromatic heterocycles. The zero-order valence-corrected chi connectivity index (χ0v) is 12.0. The van der Waals surface area contributed by atoms with E-state index < -0.39 is 0 Å². The smallest absolute Gasteiger partial charge is 0.125 e. The molecule has 0 saturated heterocycles. The second kappa shape index (κ2) is 6.44. The summed E-state index contributed by atoms with van der Waals surface area (Å²) in [5, 5.41) is 9.26. The van der Waals surface area contributed by atoms with E-state index in [0.717, 1.165) is 28.9 Å². The summed E-state index contributed by atoms with van der Waals surface area (Å²) in [6.45, 7) is 5.27. The first kappa shape index (κ1) is 14.4. The van der Waals surface area contributed by atoms with Crippen LogP contribution >= 0.6 is 0 Å². The van der Waals surface area contributed by atoms with Gasteiger partial charge in [0.1, 0.15) is 18.1 Å². The lowest BCUT2D eigenvalue weighted by atomic mass is 10.0. The molecule has 2 aromatic carbocycles. The molecular weight excluding hydrogens is 250 g/mol. The Labute approximate surface area is 120 Å². The topological polar surface area (TPSA) is 55.5 Å². The Hall–Kier alpha value is -2.00. The van der Waals surface area contributed by atoms with E-state index in [1.165, 1.54) is 5.56 Å². The largest absolute Gasteiger partial charge is 0.508 e. The third-order valence-electron chi connectivity index (χ3n) is 3.27. The summed E-state index contributed by atoms with van der Waals surface area (Å²) >= 11 is 0. The fourth-order valence-corrected chi connectivity index (χ4v) is 2.33. The van der Waals surface area contributed by atoms with E-state index in [2.05, 4.69) is 26.0 Å². The highest BCUT2D eigenvalue weighted by Crippen LogP contribution is 2.26. The first-order chi connectivity index (χ1) is 9.60. The number of hydrogen-bond acceptors (Lipinski definition) is 3. The van der Waals surface area contributed by atoms with Crippen molar-refractivity contribution in [1.82, 2.24) is 0 Å². The van der Waals surface area contributed by atoms with Crippen molar-refractivity contribution < 1.29 is 9.84 Å². The van der Waals surface area contributed by atoms with Crippen LogP contribution in [-0.4, -0.2) is 11.7 Å². The summed E-state index contributed by atoms with van der Waals surface area (Å²) < 4.78 is 5.91. The van der Waals surface area contributed by atoms with E-state index >= 15 is 0 Å². The van der Waals surface area contributed by atoms with Gasteiger partial charge < -0.3 is 15.6 Å². The summed E-state index contributed by atoms with van der Waals surface area (Å²) in [5.74, 6) is 1.20. The van der Waals surface area contributed by atoms with Crippen LogP contribution in [0.15, 0.2) is 36.4 Å². The monoisotopic (exact) mass is 271 g/mol. The molecule has 3 heteroatoms. The summed E-state index contributed by atoms with van der Waals surface area (Å²) in [5.41, 5.74) is 10.1. The van der Waals surface area contributed by atoms with E-state index in [0.29, 0.717) is 13.2 Å². The number of phenolic OH excluding ortho intramolecular Hbond substituents is 1. The highest BCUT2D eigenvalue weighted by Gasteiger charge is 2.07. The van der Waals surface area contributed by atoms with Gasteiger partial charge in [0.2, 0.25) is 0 Å². The molecule has 20 heavy (non-hydrogen) atoms. The lowest BCUT2D eigenvalue weighted by molar-refractivity contribution is 0.301. The van der Waals surface area contributed by atoms with Crippen LogP contribution in [0.25, 0.3) is 0 Å². The van der Waals surface area contributed by atoms with Gasteiger partial charge in [-0.1, -0.05) is 24.3 Å². The molecule has 0 aliphatic rings. The van der Waals surface area contributed by atoms with Gasteiger partial charge in [-0.3, -0.25) is 0 Å². The fraction of sp³-hybridized carbons (Fsp3) is 0.294. The summed E-state index contributed by atoms with van der Waals surface area (Å²) in [6.07, 6.45) is 0.889. The summed E-state index contributed by atoms with van der Waals surface area (Å²) in [4.78, 5) is 0. The molecule has 0 unspecified atom stereocenters. The Morgan fingerprint density at radius 3 is 2.15 bits per heavy atom. The van der Waals surface area contributed by atoms with Crippen LogP contribution in [-0.2, 0) is 13.0 Å². The van der Waals surface area contributed by atoms with E-state index in [1.807, 2.05) is 12.1 Å². The van der Waals surface area contributed by atoms with Crippen LogP contribution in [0.5, 0.6) is 11.5 Å². The van der Waals surface area contributed by atoms with Gasteiger partial charge >= 0.3 is 0 Å². The SMILES string of the molecule is Cc1cc(CCN)cc(C)c1OCc1ccc(O)cc1. The minimum atomic E-state index is 0.271. The maximum absolute atomic E-state index is 9.26. The fourth-order valence-electron chi connectivity index (χ4n) is 2.33. The number of benzene rings is 2. The molecule has 0 radical (unpaired) electrons. The predicted octanol–water partition coefficient (Wildman–Crippen LogP) is 3.09. The summed E-state index contributed by atoms with van der Waals surface area (Å²) in [7, 11) is 0. The number of rotatable bonds is 5. The van der Waals surface area contributed by atoms with Crippen molar-refractivity contribution >= 4 is 0 Å². The Balaban J connectivity index is 2.11. The average molecular weight is 271 g/mol. The second-order valence-electron chi connectivity index (χ2n) is 5.05. The lowest BCUT2D eigenvalue weighted by Gasteiger charge is -2.14. The number of hydrogen-bond donors (Lipinski definition) is 2. The van der Waals surface area contributed by atoms with Crippen molar-refractivity contribution in [1.29, 1.82) is 0 Å². The van der Waals surface area contributed by atoms with Gasteiger partial charge in [-0.05, 0) is 61.2 Å². The molecule has 0 saturated carbocycles. The minimum Gasteiger partial charge on any atom is -0.508 e. The molecule has 0 bridgehead atoms. The summed E-state index contributed by atoms with van der Waals surface area (Å²) in [6, 6.07) is 11.3. The van der Waals surface area contributed by atoms with Crippen LogP contribution in [0.2, 0.25) is 0 Å². The predicted molar refractivity (Wildman–Crippen MR) is 81.1 cm³/mol.